The molecule has 0 aliphatic carbocycles. The highest BCUT2D eigenvalue weighted by Crippen LogP contribution is 2.30. The third-order valence-electron chi connectivity index (χ3n) is 3.46. The molecule has 112 valence electrons. The number of halogens is 1. The van der Waals surface area contributed by atoms with Crippen LogP contribution in [0.5, 0.6) is 11.5 Å². The lowest BCUT2D eigenvalue weighted by Crippen LogP contribution is -2.19. The van der Waals surface area contributed by atoms with Gasteiger partial charge in [0.25, 0.3) is 0 Å². The van der Waals surface area contributed by atoms with Crippen molar-refractivity contribution in [2.24, 2.45) is 0 Å². The van der Waals surface area contributed by atoms with Crippen LogP contribution in [0.2, 0.25) is 5.02 Å². The molecule has 0 aliphatic heterocycles. The van der Waals surface area contributed by atoms with Gasteiger partial charge in [-0.2, -0.15) is 0 Å². The smallest absolute Gasteiger partial charge is 0.146 e. The van der Waals surface area contributed by atoms with E-state index in [1.54, 1.807) is 0 Å². The Morgan fingerprint density at radius 2 is 1.81 bits per heavy atom. The summed E-state index contributed by atoms with van der Waals surface area (Å²) >= 11 is 6.19. The number of hydrogen-bond donors (Lipinski definition) is 1. The second-order valence-corrected chi connectivity index (χ2v) is 5.53. The summed E-state index contributed by atoms with van der Waals surface area (Å²) in [6.45, 7) is 7.29. The maximum absolute atomic E-state index is 6.19. The molecule has 3 heteroatoms. The summed E-state index contributed by atoms with van der Waals surface area (Å²) in [4.78, 5) is 0. The first-order chi connectivity index (χ1) is 10.1. The molecular formula is C18H22ClNO. The Balaban J connectivity index is 2.11. The third kappa shape index (κ3) is 4.23. The van der Waals surface area contributed by atoms with Crippen LogP contribution < -0.4 is 10.1 Å². The van der Waals surface area contributed by atoms with E-state index < -0.39 is 0 Å². The molecule has 2 aromatic rings. The highest BCUT2D eigenvalue weighted by atomic mass is 35.5. The minimum Gasteiger partial charge on any atom is -0.456 e. The molecule has 0 aliphatic rings. The molecule has 0 saturated carbocycles. The molecule has 0 aromatic heterocycles. The Hall–Kier alpha value is -1.51. The monoisotopic (exact) mass is 303 g/mol. The van der Waals surface area contributed by atoms with Gasteiger partial charge in [-0.15, -0.1) is 0 Å². The van der Waals surface area contributed by atoms with E-state index in [9.17, 15) is 0 Å². The van der Waals surface area contributed by atoms with Crippen LogP contribution in [0.3, 0.4) is 0 Å². The number of nitrogens with one attached hydrogen (secondary N) is 1. The lowest BCUT2D eigenvalue weighted by Gasteiger charge is -2.16. The molecule has 0 radical (unpaired) electrons. The Labute approximate surface area is 132 Å². The van der Waals surface area contributed by atoms with E-state index in [1.807, 2.05) is 37.3 Å². The Kier molecular flexibility index (Phi) is 5.66. The summed E-state index contributed by atoms with van der Waals surface area (Å²) in [7, 11) is 0. The third-order valence-corrected chi connectivity index (χ3v) is 3.75. The van der Waals surface area contributed by atoms with Crippen LogP contribution in [0.15, 0.2) is 42.5 Å². The second-order valence-electron chi connectivity index (χ2n) is 5.12. The molecule has 0 fully saturated rings. The number of aryl methyl sites for hydroxylation is 1. The van der Waals surface area contributed by atoms with Gasteiger partial charge in [0.15, 0.2) is 0 Å². The average molecular weight is 304 g/mol. The predicted octanol–water partition coefficient (Wildman–Crippen LogP) is 5.50. The summed E-state index contributed by atoms with van der Waals surface area (Å²) in [6, 6.07) is 14.4. The highest BCUT2D eigenvalue weighted by Gasteiger charge is 2.08. The molecular weight excluding hydrogens is 282 g/mol. The van der Waals surface area contributed by atoms with Gasteiger partial charge in [-0.3, -0.25) is 0 Å². The molecule has 21 heavy (non-hydrogen) atoms. The van der Waals surface area contributed by atoms with Crippen LogP contribution in [0.4, 0.5) is 0 Å². The fraction of sp³-hybridized carbons (Fsp3) is 0.333. The number of rotatable bonds is 6. The van der Waals surface area contributed by atoms with E-state index in [1.165, 1.54) is 5.56 Å². The molecule has 2 rings (SSSR count). The van der Waals surface area contributed by atoms with Gasteiger partial charge in [0.1, 0.15) is 11.5 Å². The van der Waals surface area contributed by atoms with Crippen molar-refractivity contribution in [1.82, 2.24) is 5.32 Å². The van der Waals surface area contributed by atoms with Crippen LogP contribution in [0, 0.1) is 6.92 Å². The molecule has 2 nitrogen and oxygen atoms in total. The maximum Gasteiger partial charge on any atom is 0.146 e. The number of ether oxygens (including phenoxy) is 1. The first kappa shape index (κ1) is 15.9. The minimum absolute atomic E-state index is 0.395. The zero-order valence-electron chi connectivity index (χ0n) is 12.8. The minimum atomic E-state index is 0.395. The molecule has 0 saturated heterocycles. The van der Waals surface area contributed by atoms with Gasteiger partial charge >= 0.3 is 0 Å². The van der Waals surface area contributed by atoms with E-state index in [2.05, 4.69) is 31.3 Å². The normalized spacial score (nSPS) is 12.2. The lowest BCUT2D eigenvalue weighted by molar-refractivity contribution is 0.481. The molecule has 0 heterocycles. The van der Waals surface area contributed by atoms with Crippen LogP contribution in [-0.4, -0.2) is 6.54 Å². The van der Waals surface area contributed by atoms with Gasteiger partial charge in [-0.25, -0.2) is 0 Å². The Morgan fingerprint density at radius 1 is 1.10 bits per heavy atom. The molecule has 2 aromatic carbocycles. The molecule has 0 bridgehead atoms. The van der Waals surface area contributed by atoms with Crippen LogP contribution >= 0.6 is 11.6 Å². The molecule has 1 atom stereocenters. The maximum atomic E-state index is 6.19. The summed E-state index contributed by atoms with van der Waals surface area (Å²) in [5.41, 5.74) is 2.40. The Morgan fingerprint density at radius 3 is 2.38 bits per heavy atom. The van der Waals surface area contributed by atoms with Gasteiger partial charge in [0.2, 0.25) is 0 Å². The largest absolute Gasteiger partial charge is 0.456 e. The van der Waals surface area contributed by atoms with Gasteiger partial charge in [0.05, 0.1) is 5.02 Å². The predicted molar refractivity (Wildman–Crippen MR) is 89.4 cm³/mol. The van der Waals surface area contributed by atoms with Gasteiger partial charge in [-0.05, 0) is 55.3 Å². The van der Waals surface area contributed by atoms with Crippen molar-refractivity contribution in [3.8, 4) is 11.5 Å². The fourth-order valence-corrected chi connectivity index (χ4v) is 2.60. The highest BCUT2D eigenvalue weighted by molar-refractivity contribution is 6.32. The van der Waals surface area contributed by atoms with Gasteiger partial charge in [-0.1, -0.05) is 43.6 Å². The van der Waals surface area contributed by atoms with Crippen molar-refractivity contribution in [2.75, 3.05) is 6.54 Å². The first-order valence-corrected chi connectivity index (χ1v) is 7.79. The molecule has 0 amide bonds. The van der Waals surface area contributed by atoms with Crippen molar-refractivity contribution < 1.29 is 4.74 Å². The molecule has 1 unspecified atom stereocenters. The van der Waals surface area contributed by atoms with Crippen LogP contribution in [0.1, 0.15) is 37.4 Å². The number of benzene rings is 2. The fourth-order valence-electron chi connectivity index (χ4n) is 2.33. The van der Waals surface area contributed by atoms with Gasteiger partial charge < -0.3 is 10.1 Å². The van der Waals surface area contributed by atoms with E-state index in [-0.39, 0.29) is 0 Å². The van der Waals surface area contributed by atoms with E-state index in [0.29, 0.717) is 16.8 Å². The summed E-state index contributed by atoms with van der Waals surface area (Å²) in [6.07, 6.45) is 1.07. The summed E-state index contributed by atoms with van der Waals surface area (Å²) in [5, 5.41) is 4.11. The lowest BCUT2D eigenvalue weighted by atomic mass is 10.0. The quantitative estimate of drug-likeness (QED) is 0.760. The zero-order valence-corrected chi connectivity index (χ0v) is 13.6. The van der Waals surface area contributed by atoms with E-state index >= 15 is 0 Å². The number of hydrogen-bond acceptors (Lipinski definition) is 2. The van der Waals surface area contributed by atoms with Crippen molar-refractivity contribution in [2.45, 2.75) is 33.2 Å². The van der Waals surface area contributed by atoms with E-state index in [0.717, 1.165) is 24.3 Å². The first-order valence-electron chi connectivity index (χ1n) is 7.41. The summed E-state index contributed by atoms with van der Waals surface area (Å²) in [5.74, 6) is 1.49. The zero-order chi connectivity index (χ0) is 15.2. The van der Waals surface area contributed by atoms with Crippen LogP contribution in [0.25, 0.3) is 0 Å². The van der Waals surface area contributed by atoms with Crippen molar-refractivity contribution in [3.05, 3.63) is 58.6 Å². The molecule has 0 spiro atoms. The topological polar surface area (TPSA) is 21.3 Å². The van der Waals surface area contributed by atoms with Gasteiger partial charge in [0, 0.05) is 6.04 Å². The second kappa shape index (κ2) is 7.48. The van der Waals surface area contributed by atoms with E-state index in [4.69, 9.17) is 16.3 Å². The Bertz CT molecular complexity index is 580. The molecule has 1 N–H and O–H groups in total. The SMILES string of the molecule is CCNC(CC)c1ccc(Oc2ccc(C)cc2Cl)cc1. The average Bonchev–Trinajstić information content (AvgIpc) is 2.48. The standard InChI is InChI=1S/C18H22ClNO/c1-4-17(20-5-2)14-7-9-15(10-8-14)21-18-11-6-13(3)12-16(18)19/h6-12,17,20H,4-5H2,1-3H3. The summed E-state index contributed by atoms with van der Waals surface area (Å²) < 4.78 is 5.84. The van der Waals surface area contributed by atoms with Crippen molar-refractivity contribution in [1.29, 1.82) is 0 Å². The van der Waals surface area contributed by atoms with Crippen molar-refractivity contribution >= 4 is 11.6 Å². The van der Waals surface area contributed by atoms with Crippen LogP contribution in [-0.2, 0) is 0 Å². The van der Waals surface area contributed by atoms with Crippen molar-refractivity contribution in [3.63, 3.8) is 0 Å².